The van der Waals surface area contributed by atoms with Crippen molar-refractivity contribution >= 4 is 8.60 Å². The molecule has 221 valence electrons. The molecule has 0 amide bonds. The van der Waals surface area contributed by atoms with Gasteiger partial charge < -0.3 is 14.7 Å². The van der Waals surface area contributed by atoms with Crippen LogP contribution in [-0.2, 0) is 15.6 Å². The molecule has 0 spiro atoms. The smallest absolute Gasteiger partial charge is 0.324 e. The predicted octanol–water partition coefficient (Wildman–Crippen LogP) is 6.32. The second-order valence-corrected chi connectivity index (χ2v) is 15.1. The fourth-order valence-electron chi connectivity index (χ4n) is 5.93. The van der Waals surface area contributed by atoms with Crippen molar-refractivity contribution < 1.29 is 30.3 Å². The molecule has 3 saturated heterocycles. The maximum Gasteiger partial charge on any atom is 0.324 e. The Kier molecular flexibility index (Phi) is 13.6. The van der Waals surface area contributed by atoms with E-state index in [1.807, 2.05) is 83.1 Å². The summed E-state index contributed by atoms with van der Waals surface area (Å²) in [7, 11) is -2.62. The Morgan fingerprint density at radius 2 is 0.514 bits per heavy atom. The number of nitrogens with zero attached hydrogens (tertiary/aromatic N) is 3. The molecule has 0 aliphatic carbocycles. The van der Waals surface area contributed by atoms with Crippen molar-refractivity contribution in [3.05, 3.63) is 0 Å². The SMILES string of the molecule is CC1(C)CCCC(C)(C)N1[O].CC1(C)CCCC(C)(C)N1[O].CC1(C)CCCC(C)(C)N1[O].OP(O)O. The largest absolute Gasteiger partial charge is 0.328 e. The highest BCUT2D eigenvalue weighted by Gasteiger charge is 2.43. The molecule has 3 rings (SSSR count). The van der Waals surface area contributed by atoms with E-state index in [0.29, 0.717) is 0 Å². The van der Waals surface area contributed by atoms with Crippen LogP contribution in [0.5, 0.6) is 0 Å². The maximum absolute atomic E-state index is 11.7. The molecule has 0 aromatic rings. The van der Waals surface area contributed by atoms with E-state index in [9.17, 15) is 15.6 Å². The molecule has 3 aliphatic heterocycles. The molecule has 3 heterocycles. The lowest BCUT2D eigenvalue weighted by Gasteiger charge is -2.46. The third kappa shape index (κ3) is 11.6. The van der Waals surface area contributed by atoms with Gasteiger partial charge in [0.05, 0.1) is 0 Å². The van der Waals surface area contributed by atoms with Gasteiger partial charge in [0.15, 0.2) is 0 Å². The zero-order chi connectivity index (χ0) is 29.7. The summed E-state index contributed by atoms with van der Waals surface area (Å²) in [6.07, 6.45) is 9.70. The zero-order valence-electron chi connectivity index (χ0n) is 25.7. The fourth-order valence-corrected chi connectivity index (χ4v) is 5.93. The molecule has 3 N–H and O–H groups in total. The highest BCUT2D eigenvalue weighted by atomic mass is 31.2. The van der Waals surface area contributed by atoms with Crippen molar-refractivity contribution in [2.24, 2.45) is 0 Å². The lowest BCUT2D eigenvalue weighted by Crippen LogP contribution is -2.55. The van der Waals surface area contributed by atoms with Crippen LogP contribution in [0.3, 0.4) is 0 Å². The first kappa shape index (κ1) is 37.1. The first-order valence-corrected chi connectivity index (χ1v) is 14.8. The fraction of sp³-hybridized carbons (Fsp3) is 1.00. The van der Waals surface area contributed by atoms with Gasteiger partial charge in [-0.1, -0.05) is 0 Å². The van der Waals surface area contributed by atoms with Gasteiger partial charge in [0.1, 0.15) is 0 Å². The summed E-state index contributed by atoms with van der Waals surface area (Å²) in [5, 5.41) is 38.9. The van der Waals surface area contributed by atoms with Gasteiger partial charge in [-0.3, -0.25) is 0 Å². The molecular formula is C27H57N3O6P. The summed E-state index contributed by atoms with van der Waals surface area (Å²) in [6, 6.07) is 0. The van der Waals surface area contributed by atoms with Crippen molar-refractivity contribution in [1.29, 1.82) is 0 Å². The van der Waals surface area contributed by atoms with E-state index in [1.165, 1.54) is 34.5 Å². The number of hydrogen-bond donors (Lipinski definition) is 3. The Balaban J connectivity index is 0.000000490. The minimum atomic E-state index is -2.62. The molecule has 0 bridgehead atoms. The van der Waals surface area contributed by atoms with Crippen LogP contribution in [-0.4, -0.2) is 63.1 Å². The van der Waals surface area contributed by atoms with Crippen molar-refractivity contribution in [2.75, 3.05) is 0 Å². The van der Waals surface area contributed by atoms with Crippen LogP contribution in [0.25, 0.3) is 0 Å². The van der Waals surface area contributed by atoms with Gasteiger partial charge in [-0.15, -0.1) is 30.8 Å². The Bertz CT molecular complexity index is 547. The van der Waals surface area contributed by atoms with Gasteiger partial charge in [-0.2, -0.15) is 0 Å². The molecule has 0 aromatic heterocycles. The predicted molar refractivity (Wildman–Crippen MR) is 147 cm³/mol. The summed E-state index contributed by atoms with van der Waals surface area (Å²) >= 11 is 0. The highest BCUT2D eigenvalue weighted by molar-refractivity contribution is 7.38. The van der Waals surface area contributed by atoms with E-state index in [2.05, 4.69) is 0 Å². The standard InChI is InChI=1S/3C9H18NO.H3O3P/c3*1-8(2)6-5-7-9(3,4)10(8)11;1-4(2)3/h3*5-7H2,1-4H3;1-3H. The molecule has 0 unspecified atom stereocenters. The molecule has 37 heavy (non-hydrogen) atoms. The van der Waals surface area contributed by atoms with Crippen molar-refractivity contribution in [2.45, 2.75) is 174 Å². The monoisotopic (exact) mass is 550 g/mol. The van der Waals surface area contributed by atoms with Gasteiger partial charge in [0.2, 0.25) is 0 Å². The third-order valence-corrected chi connectivity index (χ3v) is 8.03. The number of piperidine rings is 3. The van der Waals surface area contributed by atoms with Gasteiger partial charge in [-0.05, 0) is 141 Å². The van der Waals surface area contributed by atoms with Gasteiger partial charge in [0, 0.05) is 33.2 Å². The molecule has 0 aromatic carbocycles. The zero-order valence-corrected chi connectivity index (χ0v) is 26.6. The lowest BCUT2D eigenvalue weighted by atomic mass is 9.82. The number of hydrogen-bond acceptors (Lipinski definition) is 6. The van der Waals surface area contributed by atoms with Crippen LogP contribution in [0.4, 0.5) is 0 Å². The average Bonchev–Trinajstić information content (AvgIpc) is 2.69. The van der Waals surface area contributed by atoms with Gasteiger partial charge in [-0.25, -0.2) is 0 Å². The summed E-state index contributed by atoms with van der Waals surface area (Å²) in [5.41, 5.74) is -0.906. The second kappa shape index (κ2) is 13.6. The van der Waals surface area contributed by atoms with E-state index < -0.39 is 8.60 Å². The van der Waals surface area contributed by atoms with Gasteiger partial charge in [0.25, 0.3) is 0 Å². The van der Waals surface area contributed by atoms with E-state index in [1.54, 1.807) is 0 Å². The van der Waals surface area contributed by atoms with E-state index in [0.717, 1.165) is 38.5 Å². The number of rotatable bonds is 0. The van der Waals surface area contributed by atoms with Crippen LogP contribution < -0.4 is 0 Å². The Morgan fingerprint density at radius 3 is 0.595 bits per heavy atom. The van der Waals surface area contributed by atoms with E-state index in [-0.39, 0.29) is 33.2 Å². The summed E-state index contributed by atoms with van der Waals surface area (Å²) in [6.45, 7) is 24.3. The molecule has 9 nitrogen and oxygen atoms in total. The molecule has 3 radical (unpaired) electrons. The summed E-state index contributed by atoms with van der Waals surface area (Å²) in [5.74, 6) is 0. The lowest BCUT2D eigenvalue weighted by molar-refractivity contribution is -0.286. The Morgan fingerprint density at radius 1 is 0.405 bits per heavy atom. The third-order valence-electron chi connectivity index (χ3n) is 8.03. The summed E-state index contributed by atoms with van der Waals surface area (Å²) < 4.78 is 0. The minimum absolute atomic E-state index is 0.151. The first-order chi connectivity index (χ1) is 16.3. The second-order valence-electron chi connectivity index (χ2n) is 14.6. The van der Waals surface area contributed by atoms with Crippen LogP contribution in [0.15, 0.2) is 0 Å². The van der Waals surface area contributed by atoms with Crippen LogP contribution in [0, 0.1) is 0 Å². The van der Waals surface area contributed by atoms with Crippen LogP contribution in [0.2, 0.25) is 0 Å². The van der Waals surface area contributed by atoms with Crippen LogP contribution in [0.1, 0.15) is 141 Å². The number of hydroxylamine groups is 6. The molecule has 0 saturated carbocycles. The van der Waals surface area contributed by atoms with E-state index >= 15 is 0 Å². The topological polar surface area (TPSA) is 130 Å². The summed E-state index contributed by atoms with van der Waals surface area (Å²) in [4.78, 5) is 21.7. The normalized spacial score (nSPS) is 28.0. The Labute approximate surface area is 228 Å². The van der Waals surface area contributed by atoms with Crippen molar-refractivity contribution in [1.82, 2.24) is 15.2 Å². The highest BCUT2D eigenvalue weighted by Crippen LogP contribution is 2.38. The van der Waals surface area contributed by atoms with E-state index in [4.69, 9.17) is 14.7 Å². The average molecular weight is 551 g/mol. The van der Waals surface area contributed by atoms with Crippen LogP contribution >= 0.6 is 8.60 Å². The molecule has 3 aliphatic rings. The minimum Gasteiger partial charge on any atom is -0.328 e. The molecule has 3 fully saturated rings. The quantitative estimate of drug-likeness (QED) is 0.303. The molecule has 0 atom stereocenters. The Hall–Kier alpha value is 0.0700. The molecule has 10 heteroatoms. The first-order valence-electron chi connectivity index (χ1n) is 13.6. The van der Waals surface area contributed by atoms with Crippen molar-refractivity contribution in [3.63, 3.8) is 0 Å². The maximum atomic E-state index is 11.7. The molecular weight excluding hydrogens is 493 g/mol. The van der Waals surface area contributed by atoms with Gasteiger partial charge >= 0.3 is 8.60 Å². The van der Waals surface area contributed by atoms with Crippen molar-refractivity contribution in [3.8, 4) is 0 Å².